The van der Waals surface area contributed by atoms with Crippen LogP contribution in [0.15, 0.2) is 48.8 Å². The molecule has 1 fully saturated rings. The Balaban J connectivity index is 1.58. The van der Waals surface area contributed by atoms with Crippen molar-refractivity contribution in [3.63, 3.8) is 0 Å². The standard InChI is InChI=1S/C20H26N4O2/c1-3-16(2)26-19-9-5-4-8-18(19)22-20(25)24-13-11-23(12-14-24)17-7-6-10-21-15-17/h4-10,15-16H,3,11-14H2,1-2H3,(H,22,25)/t16-/m1/s1. The van der Waals surface area contributed by atoms with E-state index in [-0.39, 0.29) is 12.1 Å². The van der Waals surface area contributed by atoms with Crippen LogP contribution in [-0.4, -0.2) is 48.2 Å². The zero-order valence-corrected chi connectivity index (χ0v) is 15.4. The Morgan fingerprint density at radius 1 is 1.19 bits per heavy atom. The summed E-state index contributed by atoms with van der Waals surface area (Å²) in [5.74, 6) is 0.712. The number of carbonyl (C=O) groups is 1. The highest BCUT2D eigenvalue weighted by Crippen LogP contribution is 2.26. The summed E-state index contributed by atoms with van der Waals surface area (Å²) in [5.41, 5.74) is 1.81. The maximum Gasteiger partial charge on any atom is 0.322 e. The van der Waals surface area contributed by atoms with Crippen LogP contribution in [0.1, 0.15) is 20.3 Å². The van der Waals surface area contributed by atoms with E-state index in [0.717, 1.165) is 25.2 Å². The highest BCUT2D eigenvalue weighted by Gasteiger charge is 2.22. The number of benzene rings is 1. The molecule has 0 aliphatic carbocycles. The van der Waals surface area contributed by atoms with Crippen molar-refractivity contribution in [2.45, 2.75) is 26.4 Å². The molecule has 3 rings (SSSR count). The van der Waals surface area contributed by atoms with Gasteiger partial charge in [0.1, 0.15) is 5.75 Å². The van der Waals surface area contributed by atoms with E-state index in [9.17, 15) is 4.79 Å². The molecule has 1 atom stereocenters. The van der Waals surface area contributed by atoms with Crippen LogP contribution in [-0.2, 0) is 0 Å². The van der Waals surface area contributed by atoms with Crippen LogP contribution in [0.4, 0.5) is 16.2 Å². The summed E-state index contributed by atoms with van der Waals surface area (Å²) in [6.45, 7) is 7.04. The van der Waals surface area contributed by atoms with Crippen LogP contribution in [0.3, 0.4) is 0 Å². The van der Waals surface area contributed by atoms with E-state index in [4.69, 9.17) is 4.74 Å². The highest BCUT2D eigenvalue weighted by molar-refractivity contribution is 5.91. The van der Waals surface area contributed by atoms with Gasteiger partial charge in [-0.15, -0.1) is 0 Å². The molecule has 1 aromatic heterocycles. The van der Waals surface area contributed by atoms with Crippen LogP contribution < -0.4 is 15.0 Å². The minimum atomic E-state index is -0.0870. The molecule has 1 aliphatic heterocycles. The number of urea groups is 1. The van der Waals surface area contributed by atoms with Gasteiger partial charge in [-0.1, -0.05) is 19.1 Å². The minimum Gasteiger partial charge on any atom is -0.489 e. The van der Waals surface area contributed by atoms with Crippen LogP contribution in [0, 0.1) is 0 Å². The van der Waals surface area contributed by atoms with Gasteiger partial charge >= 0.3 is 6.03 Å². The van der Waals surface area contributed by atoms with Crippen molar-refractivity contribution in [1.82, 2.24) is 9.88 Å². The summed E-state index contributed by atoms with van der Waals surface area (Å²) in [7, 11) is 0. The summed E-state index contributed by atoms with van der Waals surface area (Å²) >= 11 is 0. The average Bonchev–Trinajstić information content (AvgIpc) is 2.70. The lowest BCUT2D eigenvalue weighted by molar-refractivity contribution is 0.206. The number of nitrogens with zero attached hydrogens (tertiary/aromatic N) is 3. The number of amides is 2. The molecule has 0 radical (unpaired) electrons. The second-order valence-electron chi connectivity index (χ2n) is 6.45. The second kappa shape index (κ2) is 8.56. The molecule has 6 heteroatoms. The van der Waals surface area contributed by atoms with Gasteiger partial charge in [-0.3, -0.25) is 4.98 Å². The number of carbonyl (C=O) groups excluding carboxylic acids is 1. The van der Waals surface area contributed by atoms with Gasteiger partial charge in [-0.2, -0.15) is 0 Å². The van der Waals surface area contributed by atoms with E-state index < -0.39 is 0 Å². The van der Waals surface area contributed by atoms with Gasteiger partial charge in [0.25, 0.3) is 0 Å². The first-order chi connectivity index (χ1) is 12.7. The molecule has 1 saturated heterocycles. The molecule has 2 amide bonds. The van der Waals surface area contributed by atoms with Crippen molar-refractivity contribution in [1.29, 1.82) is 0 Å². The molecular formula is C20H26N4O2. The quantitative estimate of drug-likeness (QED) is 0.891. The largest absolute Gasteiger partial charge is 0.489 e. The summed E-state index contributed by atoms with van der Waals surface area (Å²) < 4.78 is 5.91. The fourth-order valence-corrected chi connectivity index (χ4v) is 2.88. The molecule has 0 spiro atoms. The van der Waals surface area contributed by atoms with Crippen molar-refractivity contribution in [3.05, 3.63) is 48.8 Å². The molecule has 0 unspecified atom stereocenters. The van der Waals surface area contributed by atoms with E-state index in [1.165, 1.54) is 0 Å². The predicted molar refractivity (Wildman–Crippen MR) is 104 cm³/mol. The van der Waals surface area contributed by atoms with Crippen molar-refractivity contribution in [2.24, 2.45) is 0 Å². The Hall–Kier alpha value is -2.76. The van der Waals surface area contributed by atoms with Crippen molar-refractivity contribution < 1.29 is 9.53 Å². The predicted octanol–water partition coefficient (Wildman–Crippen LogP) is 3.61. The second-order valence-corrected chi connectivity index (χ2v) is 6.45. The molecule has 1 aliphatic rings. The topological polar surface area (TPSA) is 57.7 Å². The molecule has 0 bridgehead atoms. The van der Waals surface area contributed by atoms with Crippen molar-refractivity contribution in [2.75, 3.05) is 36.4 Å². The summed E-state index contributed by atoms with van der Waals surface area (Å²) in [4.78, 5) is 20.9. The molecule has 2 aromatic rings. The monoisotopic (exact) mass is 354 g/mol. The molecule has 1 N–H and O–H groups in total. The fourth-order valence-electron chi connectivity index (χ4n) is 2.88. The molecule has 6 nitrogen and oxygen atoms in total. The van der Waals surface area contributed by atoms with Crippen LogP contribution in [0.2, 0.25) is 0 Å². The Kier molecular flexibility index (Phi) is 5.94. The van der Waals surface area contributed by atoms with Gasteiger partial charge in [0.15, 0.2) is 0 Å². The minimum absolute atomic E-state index is 0.0870. The number of aromatic nitrogens is 1. The van der Waals surface area contributed by atoms with Gasteiger partial charge in [0.2, 0.25) is 0 Å². The Labute approximate surface area is 154 Å². The zero-order chi connectivity index (χ0) is 18.4. The Bertz CT molecular complexity index is 715. The van der Waals surface area contributed by atoms with Crippen LogP contribution in [0.25, 0.3) is 0 Å². The highest BCUT2D eigenvalue weighted by atomic mass is 16.5. The molecular weight excluding hydrogens is 328 g/mol. The van der Waals surface area contributed by atoms with Crippen molar-refractivity contribution in [3.8, 4) is 5.75 Å². The number of ether oxygens (including phenoxy) is 1. The van der Waals surface area contributed by atoms with E-state index in [2.05, 4.69) is 22.1 Å². The first-order valence-corrected chi connectivity index (χ1v) is 9.14. The summed E-state index contributed by atoms with van der Waals surface area (Å²) in [5, 5.41) is 3.00. The normalized spacial score (nSPS) is 15.5. The number of nitrogens with one attached hydrogen (secondary N) is 1. The fraction of sp³-hybridized carbons (Fsp3) is 0.400. The first kappa shape index (κ1) is 18.0. The van der Waals surface area contributed by atoms with E-state index in [1.54, 1.807) is 6.20 Å². The number of pyridine rings is 1. The number of hydrogen-bond acceptors (Lipinski definition) is 4. The van der Waals surface area contributed by atoms with E-state index >= 15 is 0 Å². The average molecular weight is 354 g/mol. The maximum atomic E-state index is 12.6. The van der Waals surface area contributed by atoms with Gasteiger partial charge in [0, 0.05) is 32.4 Å². The Morgan fingerprint density at radius 2 is 1.96 bits per heavy atom. The number of piperazine rings is 1. The van der Waals surface area contributed by atoms with Gasteiger partial charge in [0.05, 0.1) is 23.7 Å². The van der Waals surface area contributed by atoms with Gasteiger partial charge in [-0.25, -0.2) is 4.79 Å². The molecule has 138 valence electrons. The number of anilines is 2. The molecule has 2 heterocycles. The van der Waals surface area contributed by atoms with Crippen LogP contribution in [0.5, 0.6) is 5.75 Å². The van der Waals surface area contributed by atoms with Gasteiger partial charge in [-0.05, 0) is 37.6 Å². The lowest BCUT2D eigenvalue weighted by atomic mass is 10.2. The maximum absolute atomic E-state index is 12.6. The number of hydrogen-bond donors (Lipinski definition) is 1. The van der Waals surface area contributed by atoms with Crippen molar-refractivity contribution >= 4 is 17.4 Å². The van der Waals surface area contributed by atoms with Crippen LogP contribution >= 0.6 is 0 Å². The lowest BCUT2D eigenvalue weighted by Crippen LogP contribution is -2.50. The number of para-hydroxylation sites is 2. The lowest BCUT2D eigenvalue weighted by Gasteiger charge is -2.35. The molecule has 26 heavy (non-hydrogen) atoms. The smallest absolute Gasteiger partial charge is 0.322 e. The third-order valence-corrected chi connectivity index (χ3v) is 4.61. The molecule has 1 aromatic carbocycles. The first-order valence-electron chi connectivity index (χ1n) is 9.14. The van der Waals surface area contributed by atoms with E-state index in [1.807, 2.05) is 54.4 Å². The third-order valence-electron chi connectivity index (χ3n) is 4.61. The van der Waals surface area contributed by atoms with E-state index in [0.29, 0.717) is 24.5 Å². The zero-order valence-electron chi connectivity index (χ0n) is 15.4. The molecule has 0 saturated carbocycles. The summed E-state index contributed by atoms with van der Waals surface area (Å²) in [6, 6.07) is 11.5. The summed E-state index contributed by atoms with van der Waals surface area (Å²) in [6.07, 6.45) is 4.65. The third kappa shape index (κ3) is 4.45. The van der Waals surface area contributed by atoms with Gasteiger partial charge < -0.3 is 19.9 Å². The Morgan fingerprint density at radius 3 is 2.65 bits per heavy atom. The number of rotatable bonds is 5. The SMILES string of the molecule is CC[C@@H](C)Oc1ccccc1NC(=O)N1CCN(c2cccnc2)CC1.